The zero-order valence-electron chi connectivity index (χ0n) is 26.2. The van der Waals surface area contributed by atoms with Crippen molar-refractivity contribution in [2.75, 3.05) is 9.62 Å². The average Bonchev–Trinajstić information content (AvgIpc) is 3.14. The van der Waals surface area contributed by atoms with E-state index in [4.69, 9.17) is 4.57 Å². The van der Waals surface area contributed by atoms with Gasteiger partial charge in [0.2, 0.25) is 0 Å². The molecule has 0 saturated heterocycles. The van der Waals surface area contributed by atoms with E-state index < -0.39 is 0 Å². The van der Waals surface area contributed by atoms with Gasteiger partial charge < -0.3 is 14.2 Å². The molecule has 2 aliphatic rings. The van der Waals surface area contributed by atoms with E-state index in [1.165, 1.54) is 22.3 Å². The zero-order chi connectivity index (χ0) is 31.4. The SMILES string of the molecule is C1=C(c2ccccc2)B(OB2C(c3ccccc3)=Cc3ccccc3N2Cc2ccccc2)N(Cc2ccccc2)c2ccccc21. The summed E-state index contributed by atoms with van der Waals surface area (Å²) in [4.78, 5) is 4.88. The molecule has 0 unspecified atom stereocenters. The van der Waals surface area contributed by atoms with Gasteiger partial charge in [0.1, 0.15) is 0 Å². The highest BCUT2D eigenvalue weighted by Crippen LogP contribution is 2.41. The van der Waals surface area contributed by atoms with Gasteiger partial charge in [-0.2, -0.15) is 0 Å². The van der Waals surface area contributed by atoms with E-state index in [-0.39, 0.29) is 14.1 Å². The van der Waals surface area contributed by atoms with E-state index in [0.717, 1.165) is 33.4 Å². The summed E-state index contributed by atoms with van der Waals surface area (Å²) in [6, 6.07) is 60.2. The molecule has 5 heteroatoms. The summed E-state index contributed by atoms with van der Waals surface area (Å²) in [7, 11) is -0.735. The fraction of sp³-hybridized carbons (Fsp3) is 0.0476. The lowest BCUT2D eigenvalue weighted by Crippen LogP contribution is -2.54. The molecular formula is C42H34B2N2O. The second kappa shape index (κ2) is 13.1. The van der Waals surface area contributed by atoms with Crippen LogP contribution in [0.1, 0.15) is 33.4 Å². The Morgan fingerprint density at radius 2 is 0.723 bits per heavy atom. The summed E-state index contributed by atoms with van der Waals surface area (Å²) >= 11 is 0. The van der Waals surface area contributed by atoms with Crippen LogP contribution in [0.2, 0.25) is 0 Å². The Morgan fingerprint density at radius 1 is 0.383 bits per heavy atom. The molecule has 0 spiro atoms. The summed E-state index contributed by atoms with van der Waals surface area (Å²) < 4.78 is 7.67. The number of fused-ring (bicyclic) bond motifs is 2. The van der Waals surface area contributed by atoms with Crippen molar-refractivity contribution in [1.82, 2.24) is 0 Å². The molecule has 0 fully saturated rings. The smallest absolute Gasteiger partial charge is 0.439 e. The van der Waals surface area contributed by atoms with Gasteiger partial charge >= 0.3 is 14.1 Å². The van der Waals surface area contributed by atoms with Crippen molar-refractivity contribution in [2.45, 2.75) is 13.1 Å². The summed E-state index contributed by atoms with van der Waals surface area (Å²) in [5.74, 6) is 0. The van der Waals surface area contributed by atoms with E-state index >= 15 is 0 Å². The average molecular weight is 604 g/mol. The van der Waals surface area contributed by atoms with E-state index in [0.29, 0.717) is 13.1 Å². The van der Waals surface area contributed by atoms with Gasteiger partial charge in [-0.1, -0.05) is 170 Å². The fourth-order valence-electron chi connectivity index (χ4n) is 6.83. The molecular weight excluding hydrogens is 570 g/mol. The monoisotopic (exact) mass is 604 g/mol. The Kier molecular flexibility index (Phi) is 8.05. The molecule has 0 N–H and O–H groups in total. The number of anilines is 2. The Labute approximate surface area is 278 Å². The highest BCUT2D eigenvalue weighted by molar-refractivity contribution is 6.90. The number of hydrogen-bond acceptors (Lipinski definition) is 3. The highest BCUT2D eigenvalue weighted by Gasteiger charge is 2.44. The van der Waals surface area contributed by atoms with E-state index in [2.05, 4.69) is 192 Å². The predicted molar refractivity (Wildman–Crippen MR) is 199 cm³/mol. The lowest BCUT2D eigenvalue weighted by molar-refractivity contribution is 0.587. The highest BCUT2D eigenvalue weighted by atomic mass is 16.4. The molecule has 6 aromatic rings. The molecule has 0 radical (unpaired) electrons. The van der Waals surface area contributed by atoms with Crippen LogP contribution in [0, 0.1) is 0 Å². The number of benzene rings is 6. The van der Waals surface area contributed by atoms with Crippen molar-refractivity contribution in [3.8, 4) is 0 Å². The number of rotatable bonds is 8. The standard InChI is InChI=1S/C42H34B2N2O/c1-5-17-33(18-6-1)31-45-41-27-15-13-25-37(41)29-39(35-21-9-3-10-22-35)43(45)47-44-40(36-23-11-4-12-24-36)30-38-26-14-16-28-42(38)46(44)32-34-19-7-2-8-20-34/h1-30H,31-32H2. The van der Waals surface area contributed by atoms with Gasteiger partial charge in [0.15, 0.2) is 0 Å². The van der Waals surface area contributed by atoms with Crippen LogP contribution in [-0.4, -0.2) is 14.1 Å². The number of nitrogens with zero attached hydrogens (tertiary/aromatic N) is 2. The first-order valence-electron chi connectivity index (χ1n) is 16.3. The van der Waals surface area contributed by atoms with Crippen molar-refractivity contribution < 1.29 is 4.57 Å². The maximum Gasteiger partial charge on any atom is 0.439 e. The second-order valence-electron chi connectivity index (χ2n) is 12.1. The maximum absolute atomic E-state index is 7.67. The number of hydrogen-bond donors (Lipinski definition) is 0. The first-order valence-corrected chi connectivity index (χ1v) is 16.3. The van der Waals surface area contributed by atoms with Crippen LogP contribution >= 0.6 is 0 Å². The van der Waals surface area contributed by atoms with Gasteiger partial charge in [-0.05, 0) is 56.5 Å². The van der Waals surface area contributed by atoms with E-state index in [1.54, 1.807) is 0 Å². The molecule has 2 heterocycles. The molecule has 6 aromatic carbocycles. The molecule has 224 valence electrons. The lowest BCUT2D eigenvalue weighted by Gasteiger charge is -2.42. The van der Waals surface area contributed by atoms with Crippen molar-refractivity contribution in [3.05, 3.63) is 203 Å². The lowest BCUT2D eigenvalue weighted by atomic mass is 9.56. The molecule has 47 heavy (non-hydrogen) atoms. The van der Waals surface area contributed by atoms with Crippen molar-refractivity contribution in [1.29, 1.82) is 0 Å². The summed E-state index contributed by atoms with van der Waals surface area (Å²) in [6.45, 7) is 1.41. The van der Waals surface area contributed by atoms with Gasteiger partial charge in [-0.3, -0.25) is 0 Å². The largest absolute Gasteiger partial charge is 0.454 e. The van der Waals surface area contributed by atoms with Crippen LogP contribution in [0.25, 0.3) is 23.1 Å². The van der Waals surface area contributed by atoms with Crippen LogP contribution in [0.15, 0.2) is 170 Å². The van der Waals surface area contributed by atoms with Gasteiger partial charge in [0.25, 0.3) is 0 Å². The first-order chi connectivity index (χ1) is 23.3. The Balaban J connectivity index is 1.31. The van der Waals surface area contributed by atoms with E-state index in [9.17, 15) is 0 Å². The van der Waals surface area contributed by atoms with Gasteiger partial charge in [0, 0.05) is 24.5 Å². The third-order valence-electron chi connectivity index (χ3n) is 9.08. The Morgan fingerprint density at radius 3 is 1.13 bits per heavy atom. The number of para-hydroxylation sites is 2. The molecule has 3 nitrogen and oxygen atoms in total. The fourth-order valence-corrected chi connectivity index (χ4v) is 6.83. The zero-order valence-corrected chi connectivity index (χ0v) is 26.2. The van der Waals surface area contributed by atoms with Crippen molar-refractivity contribution >= 4 is 48.6 Å². The Bertz CT molecular complexity index is 1880. The minimum atomic E-state index is -0.367. The molecule has 0 bridgehead atoms. The minimum Gasteiger partial charge on any atom is -0.454 e. The van der Waals surface area contributed by atoms with Crippen LogP contribution < -0.4 is 9.62 Å². The Hall–Kier alpha value is -5.51. The molecule has 8 rings (SSSR count). The normalized spacial score (nSPS) is 13.9. The third-order valence-corrected chi connectivity index (χ3v) is 9.08. The quantitative estimate of drug-likeness (QED) is 0.161. The minimum absolute atomic E-state index is 0.367. The molecule has 0 aromatic heterocycles. The van der Waals surface area contributed by atoms with Crippen LogP contribution in [0.4, 0.5) is 11.4 Å². The van der Waals surface area contributed by atoms with Gasteiger partial charge in [0.05, 0.1) is 0 Å². The first kappa shape index (κ1) is 28.9. The molecule has 0 aliphatic carbocycles. The van der Waals surface area contributed by atoms with Gasteiger partial charge in [-0.15, -0.1) is 0 Å². The summed E-state index contributed by atoms with van der Waals surface area (Å²) in [5, 5.41) is 0. The van der Waals surface area contributed by atoms with E-state index in [1.807, 2.05) is 0 Å². The second-order valence-corrected chi connectivity index (χ2v) is 12.1. The van der Waals surface area contributed by atoms with Gasteiger partial charge in [-0.25, -0.2) is 0 Å². The van der Waals surface area contributed by atoms with Crippen LogP contribution in [0.3, 0.4) is 0 Å². The molecule has 0 atom stereocenters. The molecule has 2 aliphatic heterocycles. The maximum atomic E-state index is 7.67. The summed E-state index contributed by atoms with van der Waals surface area (Å²) in [6.07, 6.45) is 4.64. The molecule has 0 amide bonds. The van der Waals surface area contributed by atoms with Crippen molar-refractivity contribution in [2.24, 2.45) is 0 Å². The van der Waals surface area contributed by atoms with Crippen molar-refractivity contribution in [3.63, 3.8) is 0 Å². The topological polar surface area (TPSA) is 15.7 Å². The predicted octanol–water partition coefficient (Wildman–Crippen LogP) is 9.58. The third kappa shape index (κ3) is 5.94. The molecule has 0 saturated carbocycles. The van der Waals surface area contributed by atoms with Crippen LogP contribution in [-0.2, 0) is 17.7 Å². The van der Waals surface area contributed by atoms with Crippen LogP contribution in [0.5, 0.6) is 0 Å². The summed E-state index contributed by atoms with van der Waals surface area (Å²) in [5.41, 5.74) is 11.8.